The Hall–Kier alpha value is -1.90. The molecule has 2 aromatic rings. The molecule has 0 aliphatic heterocycles. The standard InChI is InChI=1S/C13H12FNO/c1-10-2-3-12(8-13(10)14)16-9-11-4-6-15-7-5-11/h2-8H,9H2,1H3. The largest absolute Gasteiger partial charge is 0.489 e. The zero-order valence-electron chi connectivity index (χ0n) is 8.98. The van der Waals surface area contributed by atoms with Crippen LogP contribution in [0.1, 0.15) is 11.1 Å². The van der Waals surface area contributed by atoms with Gasteiger partial charge in [-0.25, -0.2) is 4.39 Å². The smallest absolute Gasteiger partial charge is 0.129 e. The van der Waals surface area contributed by atoms with Crippen molar-refractivity contribution in [3.05, 3.63) is 59.7 Å². The monoisotopic (exact) mass is 217 g/mol. The number of ether oxygens (including phenoxy) is 1. The summed E-state index contributed by atoms with van der Waals surface area (Å²) >= 11 is 0. The zero-order valence-corrected chi connectivity index (χ0v) is 8.98. The average molecular weight is 217 g/mol. The Morgan fingerprint density at radius 2 is 1.94 bits per heavy atom. The Morgan fingerprint density at radius 3 is 2.62 bits per heavy atom. The average Bonchev–Trinajstić information content (AvgIpc) is 2.32. The van der Waals surface area contributed by atoms with Crippen LogP contribution in [0.2, 0.25) is 0 Å². The van der Waals surface area contributed by atoms with E-state index in [-0.39, 0.29) is 5.82 Å². The van der Waals surface area contributed by atoms with E-state index >= 15 is 0 Å². The molecule has 1 heterocycles. The fraction of sp³-hybridized carbons (Fsp3) is 0.154. The SMILES string of the molecule is Cc1ccc(OCc2ccncc2)cc1F. The van der Waals surface area contributed by atoms with Gasteiger partial charge in [-0.05, 0) is 36.2 Å². The molecule has 0 fully saturated rings. The van der Waals surface area contributed by atoms with Crippen LogP contribution in [0.4, 0.5) is 4.39 Å². The van der Waals surface area contributed by atoms with Gasteiger partial charge in [0.2, 0.25) is 0 Å². The first-order valence-corrected chi connectivity index (χ1v) is 5.03. The highest BCUT2D eigenvalue weighted by molar-refractivity contribution is 5.28. The van der Waals surface area contributed by atoms with Gasteiger partial charge in [-0.3, -0.25) is 4.98 Å². The van der Waals surface area contributed by atoms with Gasteiger partial charge < -0.3 is 4.74 Å². The summed E-state index contributed by atoms with van der Waals surface area (Å²) in [5, 5.41) is 0. The maximum absolute atomic E-state index is 13.2. The number of benzene rings is 1. The number of hydrogen-bond donors (Lipinski definition) is 0. The first-order valence-electron chi connectivity index (χ1n) is 5.03. The van der Waals surface area contributed by atoms with Crippen LogP contribution in [0.3, 0.4) is 0 Å². The van der Waals surface area contributed by atoms with Gasteiger partial charge in [0.15, 0.2) is 0 Å². The van der Waals surface area contributed by atoms with Crippen LogP contribution in [0.15, 0.2) is 42.7 Å². The predicted molar refractivity (Wildman–Crippen MR) is 59.7 cm³/mol. The molecule has 0 atom stereocenters. The van der Waals surface area contributed by atoms with E-state index in [0.29, 0.717) is 17.9 Å². The van der Waals surface area contributed by atoms with Crippen molar-refractivity contribution in [2.24, 2.45) is 0 Å². The summed E-state index contributed by atoms with van der Waals surface area (Å²) in [6.07, 6.45) is 3.41. The molecule has 82 valence electrons. The van der Waals surface area contributed by atoms with E-state index in [4.69, 9.17) is 4.74 Å². The minimum atomic E-state index is -0.243. The minimum Gasteiger partial charge on any atom is -0.489 e. The number of hydrogen-bond acceptors (Lipinski definition) is 2. The van der Waals surface area contributed by atoms with Crippen LogP contribution in [-0.4, -0.2) is 4.98 Å². The van der Waals surface area contributed by atoms with Gasteiger partial charge in [0.05, 0.1) is 0 Å². The van der Waals surface area contributed by atoms with Gasteiger partial charge in [-0.1, -0.05) is 6.07 Å². The second kappa shape index (κ2) is 4.75. The third kappa shape index (κ3) is 2.57. The lowest BCUT2D eigenvalue weighted by Gasteiger charge is -2.06. The zero-order chi connectivity index (χ0) is 11.4. The van der Waals surface area contributed by atoms with Crippen molar-refractivity contribution in [3.8, 4) is 5.75 Å². The molecule has 1 aromatic heterocycles. The van der Waals surface area contributed by atoms with Crippen molar-refractivity contribution in [1.82, 2.24) is 4.98 Å². The molecule has 0 saturated heterocycles. The molecule has 0 N–H and O–H groups in total. The molecule has 0 unspecified atom stereocenters. The first kappa shape index (κ1) is 10.6. The highest BCUT2D eigenvalue weighted by atomic mass is 19.1. The van der Waals surface area contributed by atoms with Crippen LogP contribution in [0.25, 0.3) is 0 Å². The highest BCUT2D eigenvalue weighted by Crippen LogP contribution is 2.16. The maximum Gasteiger partial charge on any atom is 0.129 e. The van der Waals surface area contributed by atoms with Crippen molar-refractivity contribution < 1.29 is 9.13 Å². The van der Waals surface area contributed by atoms with E-state index in [1.807, 2.05) is 12.1 Å². The summed E-state index contributed by atoms with van der Waals surface area (Å²) in [6.45, 7) is 2.15. The Bertz CT molecular complexity index is 471. The van der Waals surface area contributed by atoms with E-state index in [2.05, 4.69) is 4.98 Å². The summed E-state index contributed by atoms with van der Waals surface area (Å²) in [7, 11) is 0. The number of nitrogens with zero attached hydrogens (tertiary/aromatic N) is 1. The summed E-state index contributed by atoms with van der Waals surface area (Å²) in [5.41, 5.74) is 1.63. The highest BCUT2D eigenvalue weighted by Gasteiger charge is 2.00. The lowest BCUT2D eigenvalue weighted by atomic mass is 10.2. The van der Waals surface area contributed by atoms with Gasteiger partial charge in [0.1, 0.15) is 18.2 Å². The molecule has 0 aliphatic carbocycles. The number of aromatic nitrogens is 1. The number of pyridine rings is 1. The molecule has 0 spiro atoms. The van der Waals surface area contributed by atoms with Crippen LogP contribution < -0.4 is 4.74 Å². The van der Waals surface area contributed by atoms with Gasteiger partial charge in [-0.15, -0.1) is 0 Å². The number of halogens is 1. The maximum atomic E-state index is 13.2. The first-order chi connectivity index (χ1) is 7.75. The van der Waals surface area contributed by atoms with Gasteiger partial charge in [-0.2, -0.15) is 0 Å². The van der Waals surface area contributed by atoms with E-state index < -0.39 is 0 Å². The summed E-state index contributed by atoms with van der Waals surface area (Å²) in [5.74, 6) is 0.298. The predicted octanol–water partition coefficient (Wildman–Crippen LogP) is 3.11. The van der Waals surface area contributed by atoms with Gasteiger partial charge in [0, 0.05) is 18.5 Å². The summed E-state index contributed by atoms with van der Waals surface area (Å²) in [4.78, 5) is 3.91. The molecule has 0 amide bonds. The van der Waals surface area contributed by atoms with Crippen LogP contribution in [0.5, 0.6) is 5.75 Å². The Kier molecular flexibility index (Phi) is 3.15. The number of aryl methyl sites for hydroxylation is 1. The second-order valence-corrected chi connectivity index (χ2v) is 3.56. The number of rotatable bonds is 3. The molecular weight excluding hydrogens is 205 g/mol. The molecule has 2 rings (SSSR count). The minimum absolute atomic E-state index is 0.243. The molecule has 3 heteroatoms. The van der Waals surface area contributed by atoms with Gasteiger partial charge >= 0.3 is 0 Å². The fourth-order valence-electron chi connectivity index (χ4n) is 1.31. The quantitative estimate of drug-likeness (QED) is 0.788. The Morgan fingerprint density at radius 1 is 1.19 bits per heavy atom. The Labute approximate surface area is 93.7 Å². The van der Waals surface area contributed by atoms with E-state index in [9.17, 15) is 4.39 Å². The molecule has 0 bridgehead atoms. The van der Waals surface area contributed by atoms with Crippen molar-refractivity contribution in [1.29, 1.82) is 0 Å². The second-order valence-electron chi connectivity index (χ2n) is 3.56. The normalized spacial score (nSPS) is 10.1. The lowest BCUT2D eigenvalue weighted by molar-refractivity contribution is 0.304. The van der Waals surface area contributed by atoms with E-state index in [1.54, 1.807) is 31.5 Å². The summed E-state index contributed by atoms with van der Waals surface area (Å²) < 4.78 is 18.7. The molecule has 0 aliphatic rings. The molecule has 1 aromatic carbocycles. The van der Waals surface area contributed by atoms with Crippen LogP contribution in [0, 0.1) is 12.7 Å². The third-order valence-electron chi connectivity index (χ3n) is 2.30. The van der Waals surface area contributed by atoms with E-state index in [0.717, 1.165) is 5.56 Å². The summed E-state index contributed by atoms with van der Waals surface area (Å²) in [6, 6.07) is 8.60. The molecule has 16 heavy (non-hydrogen) atoms. The van der Waals surface area contributed by atoms with E-state index in [1.165, 1.54) is 6.07 Å². The van der Waals surface area contributed by atoms with Crippen molar-refractivity contribution in [3.63, 3.8) is 0 Å². The lowest BCUT2D eigenvalue weighted by Crippen LogP contribution is -1.96. The molecule has 2 nitrogen and oxygen atoms in total. The fourth-order valence-corrected chi connectivity index (χ4v) is 1.31. The van der Waals surface area contributed by atoms with Gasteiger partial charge in [0.25, 0.3) is 0 Å². The Balaban J connectivity index is 2.03. The topological polar surface area (TPSA) is 22.1 Å². The third-order valence-corrected chi connectivity index (χ3v) is 2.30. The van der Waals surface area contributed by atoms with Crippen LogP contribution in [-0.2, 0) is 6.61 Å². The van der Waals surface area contributed by atoms with Crippen LogP contribution >= 0.6 is 0 Å². The van der Waals surface area contributed by atoms with Crippen molar-refractivity contribution in [2.75, 3.05) is 0 Å². The van der Waals surface area contributed by atoms with Crippen molar-refractivity contribution in [2.45, 2.75) is 13.5 Å². The molecule has 0 radical (unpaired) electrons. The van der Waals surface area contributed by atoms with Crippen molar-refractivity contribution >= 4 is 0 Å². The molecular formula is C13H12FNO. The molecule has 0 saturated carbocycles.